The van der Waals surface area contributed by atoms with Crippen molar-refractivity contribution in [3.63, 3.8) is 0 Å². The van der Waals surface area contributed by atoms with E-state index < -0.39 is 5.97 Å². The second-order valence-corrected chi connectivity index (χ2v) is 4.92. The molecule has 1 aliphatic carbocycles. The van der Waals surface area contributed by atoms with Crippen molar-refractivity contribution in [1.82, 2.24) is 9.88 Å². The monoisotopic (exact) mass is 277 g/mol. The highest BCUT2D eigenvalue weighted by Gasteiger charge is 2.25. The molecule has 0 unspecified atom stereocenters. The third-order valence-corrected chi connectivity index (χ3v) is 3.60. The average molecular weight is 277 g/mol. The number of amides is 2. The van der Waals surface area contributed by atoms with E-state index in [-0.39, 0.29) is 17.6 Å². The Morgan fingerprint density at radius 1 is 1.40 bits per heavy atom. The number of rotatable bonds is 4. The molecule has 1 saturated carbocycles. The van der Waals surface area contributed by atoms with Crippen LogP contribution in [0.4, 0.5) is 10.5 Å². The first-order chi connectivity index (χ1) is 9.61. The predicted octanol–water partition coefficient (Wildman–Crippen LogP) is 2.58. The lowest BCUT2D eigenvalue weighted by Gasteiger charge is -2.27. The van der Waals surface area contributed by atoms with Crippen LogP contribution in [-0.2, 0) is 0 Å². The smallest absolute Gasteiger partial charge is 0.337 e. The van der Waals surface area contributed by atoms with Gasteiger partial charge in [0.15, 0.2) is 0 Å². The Hall–Kier alpha value is -2.11. The van der Waals surface area contributed by atoms with Gasteiger partial charge in [-0.1, -0.05) is 12.8 Å². The van der Waals surface area contributed by atoms with Gasteiger partial charge in [0.05, 0.1) is 17.4 Å². The molecular weight excluding hydrogens is 258 g/mol. The summed E-state index contributed by atoms with van der Waals surface area (Å²) in [5, 5.41) is 11.6. The number of carbonyl (C=O) groups excluding carboxylic acids is 1. The van der Waals surface area contributed by atoms with Crippen molar-refractivity contribution < 1.29 is 14.7 Å². The molecule has 6 heteroatoms. The number of carboxylic acids is 1. The third-order valence-electron chi connectivity index (χ3n) is 3.60. The summed E-state index contributed by atoms with van der Waals surface area (Å²) < 4.78 is 0. The van der Waals surface area contributed by atoms with Crippen molar-refractivity contribution in [2.24, 2.45) is 0 Å². The van der Waals surface area contributed by atoms with Crippen LogP contribution < -0.4 is 5.32 Å². The molecule has 108 valence electrons. The molecule has 0 aromatic carbocycles. The maximum absolute atomic E-state index is 12.3. The fourth-order valence-corrected chi connectivity index (χ4v) is 2.60. The number of nitrogens with one attached hydrogen (secondary N) is 1. The highest BCUT2D eigenvalue weighted by Crippen LogP contribution is 2.24. The van der Waals surface area contributed by atoms with Crippen molar-refractivity contribution in [3.8, 4) is 0 Å². The number of urea groups is 1. The number of anilines is 1. The van der Waals surface area contributed by atoms with Gasteiger partial charge in [-0.2, -0.15) is 0 Å². The first kappa shape index (κ1) is 14.3. The van der Waals surface area contributed by atoms with E-state index in [1.54, 1.807) is 4.90 Å². The van der Waals surface area contributed by atoms with Crippen LogP contribution in [0.2, 0.25) is 0 Å². The molecule has 0 saturated heterocycles. The summed E-state index contributed by atoms with van der Waals surface area (Å²) in [5.41, 5.74) is 0.470. The van der Waals surface area contributed by atoms with Gasteiger partial charge in [-0.25, -0.2) is 9.59 Å². The van der Waals surface area contributed by atoms with E-state index in [0.717, 1.165) is 25.7 Å². The molecule has 1 aromatic heterocycles. The summed E-state index contributed by atoms with van der Waals surface area (Å²) in [4.78, 5) is 28.8. The van der Waals surface area contributed by atoms with Gasteiger partial charge in [-0.3, -0.25) is 4.98 Å². The molecule has 1 aliphatic rings. The van der Waals surface area contributed by atoms with Crippen molar-refractivity contribution in [1.29, 1.82) is 0 Å². The zero-order chi connectivity index (χ0) is 14.5. The number of nitrogens with zero attached hydrogens (tertiary/aromatic N) is 2. The van der Waals surface area contributed by atoms with Gasteiger partial charge in [0.2, 0.25) is 0 Å². The number of hydrogen-bond donors (Lipinski definition) is 2. The second kappa shape index (κ2) is 6.36. The zero-order valence-corrected chi connectivity index (χ0v) is 11.5. The van der Waals surface area contributed by atoms with Gasteiger partial charge in [-0.15, -0.1) is 0 Å². The van der Waals surface area contributed by atoms with Crippen LogP contribution >= 0.6 is 0 Å². The maximum Gasteiger partial charge on any atom is 0.337 e. The summed E-state index contributed by atoms with van der Waals surface area (Å²) in [6.07, 6.45) is 7.09. The molecular formula is C14H19N3O3. The molecule has 2 rings (SSSR count). The fourth-order valence-electron chi connectivity index (χ4n) is 2.60. The standard InChI is InChI=1S/C14H19N3O3/c1-2-17(12-5-3-4-6-12)14(20)16-11-7-10(13(18)19)8-15-9-11/h7-9,12H,2-6H2,1H3,(H,16,20)(H,18,19). The number of carboxylic acid groups (broad SMARTS) is 1. The normalized spacial score (nSPS) is 15.1. The van der Waals surface area contributed by atoms with Crippen LogP contribution in [0.3, 0.4) is 0 Å². The molecule has 1 aromatic rings. The summed E-state index contributed by atoms with van der Waals surface area (Å²) in [6, 6.07) is 1.51. The van der Waals surface area contributed by atoms with Gasteiger partial charge < -0.3 is 15.3 Å². The Morgan fingerprint density at radius 2 is 2.10 bits per heavy atom. The molecule has 0 atom stereocenters. The van der Waals surface area contributed by atoms with E-state index >= 15 is 0 Å². The van der Waals surface area contributed by atoms with Gasteiger partial charge in [0, 0.05) is 18.8 Å². The van der Waals surface area contributed by atoms with Crippen LogP contribution in [0.25, 0.3) is 0 Å². The van der Waals surface area contributed by atoms with E-state index in [9.17, 15) is 9.59 Å². The first-order valence-electron chi connectivity index (χ1n) is 6.87. The maximum atomic E-state index is 12.3. The zero-order valence-electron chi connectivity index (χ0n) is 11.5. The summed E-state index contributed by atoms with van der Waals surface area (Å²) in [5.74, 6) is -1.06. The van der Waals surface area contributed by atoms with Crippen molar-refractivity contribution >= 4 is 17.7 Å². The Morgan fingerprint density at radius 3 is 2.70 bits per heavy atom. The third kappa shape index (κ3) is 3.26. The van der Waals surface area contributed by atoms with Crippen LogP contribution in [0, 0.1) is 0 Å². The van der Waals surface area contributed by atoms with E-state index in [0.29, 0.717) is 12.2 Å². The molecule has 20 heavy (non-hydrogen) atoms. The molecule has 1 heterocycles. The summed E-state index contributed by atoms with van der Waals surface area (Å²) in [6.45, 7) is 2.59. The molecule has 2 amide bonds. The highest BCUT2D eigenvalue weighted by molar-refractivity contribution is 5.92. The van der Waals surface area contributed by atoms with Crippen LogP contribution in [0.1, 0.15) is 43.0 Å². The Bertz CT molecular complexity index is 498. The minimum absolute atomic E-state index is 0.0618. The lowest BCUT2D eigenvalue weighted by Crippen LogP contribution is -2.41. The van der Waals surface area contributed by atoms with Crippen molar-refractivity contribution in [2.45, 2.75) is 38.6 Å². The molecule has 0 radical (unpaired) electrons. The predicted molar refractivity (Wildman–Crippen MR) is 74.9 cm³/mol. The Kier molecular flexibility index (Phi) is 4.55. The number of hydrogen-bond acceptors (Lipinski definition) is 3. The van der Waals surface area contributed by atoms with Gasteiger partial charge in [-0.05, 0) is 25.8 Å². The summed E-state index contributed by atoms with van der Waals surface area (Å²) >= 11 is 0. The molecule has 0 aliphatic heterocycles. The number of pyridine rings is 1. The average Bonchev–Trinajstić information content (AvgIpc) is 2.93. The second-order valence-electron chi connectivity index (χ2n) is 4.92. The van der Waals surface area contributed by atoms with Gasteiger partial charge in [0.25, 0.3) is 0 Å². The highest BCUT2D eigenvalue weighted by atomic mass is 16.4. The number of aromatic carboxylic acids is 1. The van der Waals surface area contributed by atoms with E-state index in [1.165, 1.54) is 18.5 Å². The quantitative estimate of drug-likeness (QED) is 0.886. The van der Waals surface area contributed by atoms with E-state index in [4.69, 9.17) is 5.11 Å². The van der Waals surface area contributed by atoms with Gasteiger partial charge >= 0.3 is 12.0 Å². The van der Waals surface area contributed by atoms with Crippen LogP contribution in [-0.4, -0.2) is 39.6 Å². The topological polar surface area (TPSA) is 82.5 Å². The Balaban J connectivity index is 2.05. The lowest BCUT2D eigenvalue weighted by molar-refractivity contribution is 0.0696. The van der Waals surface area contributed by atoms with Gasteiger partial charge in [0.1, 0.15) is 0 Å². The fraction of sp³-hybridized carbons (Fsp3) is 0.500. The Labute approximate surface area is 117 Å². The van der Waals surface area contributed by atoms with Crippen LogP contribution in [0.15, 0.2) is 18.5 Å². The lowest BCUT2D eigenvalue weighted by atomic mass is 10.2. The SMILES string of the molecule is CCN(C(=O)Nc1cncc(C(=O)O)c1)C1CCCC1. The van der Waals surface area contributed by atoms with Crippen molar-refractivity contribution in [2.75, 3.05) is 11.9 Å². The molecule has 6 nitrogen and oxygen atoms in total. The molecule has 0 spiro atoms. The minimum atomic E-state index is -1.06. The van der Waals surface area contributed by atoms with E-state index in [1.807, 2.05) is 6.92 Å². The van der Waals surface area contributed by atoms with Crippen molar-refractivity contribution in [3.05, 3.63) is 24.0 Å². The summed E-state index contributed by atoms with van der Waals surface area (Å²) in [7, 11) is 0. The minimum Gasteiger partial charge on any atom is -0.478 e. The van der Waals surface area contributed by atoms with Crippen LogP contribution in [0.5, 0.6) is 0 Å². The number of carbonyl (C=O) groups is 2. The first-order valence-corrected chi connectivity index (χ1v) is 6.87. The molecule has 0 bridgehead atoms. The number of aromatic nitrogens is 1. The van der Waals surface area contributed by atoms with E-state index in [2.05, 4.69) is 10.3 Å². The molecule has 1 fully saturated rings. The molecule has 2 N–H and O–H groups in total. The largest absolute Gasteiger partial charge is 0.478 e.